The Balaban J connectivity index is 1.41. The molecule has 3 aromatic heterocycles. The van der Waals surface area contributed by atoms with E-state index in [2.05, 4.69) is 20.5 Å². The summed E-state index contributed by atoms with van der Waals surface area (Å²) < 4.78 is 47.9. The summed E-state index contributed by atoms with van der Waals surface area (Å²) in [6.45, 7) is 0.607. The van der Waals surface area contributed by atoms with Crippen LogP contribution >= 0.6 is 11.6 Å². The summed E-state index contributed by atoms with van der Waals surface area (Å²) in [6.07, 6.45) is -6.40. The second kappa shape index (κ2) is 11.7. The monoisotopic (exact) mass is 601 g/mol. The normalized spacial score (nSPS) is 12.4. The van der Waals surface area contributed by atoms with Gasteiger partial charge in [0.15, 0.2) is 17.8 Å². The first kappa shape index (κ1) is 28.8. The summed E-state index contributed by atoms with van der Waals surface area (Å²) in [4.78, 5) is 30.3. The molecule has 0 bridgehead atoms. The highest BCUT2D eigenvalue weighted by atomic mass is 35.5. The molecule has 5 rings (SSSR count). The van der Waals surface area contributed by atoms with Gasteiger partial charge in [0.25, 0.3) is 5.91 Å². The molecule has 0 saturated carbocycles. The SMILES string of the molecule is Cc1ccc(CNC(=O)c2ccccc2-n2cnc(Cn3nc(-c4ccc(Cl)cc4)n(CC(O)C(F)(F)F)c3=O)n2)o1. The van der Waals surface area contributed by atoms with Crippen molar-refractivity contribution < 1.29 is 27.5 Å². The molecule has 0 aliphatic carbocycles. The molecule has 3 heterocycles. The molecule has 1 amide bonds. The van der Waals surface area contributed by atoms with Crippen molar-refractivity contribution in [1.29, 1.82) is 0 Å². The van der Waals surface area contributed by atoms with Crippen LogP contribution in [0.15, 0.2) is 76.2 Å². The molecule has 0 radical (unpaired) electrons. The van der Waals surface area contributed by atoms with Crippen LogP contribution in [0.2, 0.25) is 5.02 Å². The summed E-state index contributed by atoms with van der Waals surface area (Å²) in [7, 11) is 0. The minimum absolute atomic E-state index is 0.0991. The molecular formula is C27H23ClF3N7O4. The number of amides is 1. The van der Waals surface area contributed by atoms with Crippen molar-refractivity contribution in [2.45, 2.75) is 38.8 Å². The van der Waals surface area contributed by atoms with Gasteiger partial charge in [-0.15, -0.1) is 10.2 Å². The highest BCUT2D eigenvalue weighted by molar-refractivity contribution is 6.30. The van der Waals surface area contributed by atoms with E-state index in [1.54, 1.807) is 43.3 Å². The number of aromatic nitrogens is 6. The van der Waals surface area contributed by atoms with Crippen LogP contribution in [0.5, 0.6) is 0 Å². The second-order valence-corrected chi connectivity index (χ2v) is 9.69. The van der Waals surface area contributed by atoms with Crippen LogP contribution < -0.4 is 11.0 Å². The number of nitrogens with one attached hydrogen (secondary N) is 1. The van der Waals surface area contributed by atoms with Crippen molar-refractivity contribution in [2.75, 3.05) is 0 Å². The molecule has 11 nitrogen and oxygen atoms in total. The van der Waals surface area contributed by atoms with Crippen molar-refractivity contribution in [2.24, 2.45) is 0 Å². The van der Waals surface area contributed by atoms with E-state index in [-0.39, 0.29) is 30.6 Å². The molecule has 0 fully saturated rings. The van der Waals surface area contributed by atoms with Crippen LogP contribution in [0.25, 0.3) is 17.1 Å². The van der Waals surface area contributed by atoms with Crippen LogP contribution in [0.3, 0.4) is 0 Å². The number of aliphatic hydroxyl groups excluding tert-OH is 1. The summed E-state index contributed by atoms with van der Waals surface area (Å²) in [5, 5.41) is 21.4. The number of aliphatic hydroxyl groups is 1. The summed E-state index contributed by atoms with van der Waals surface area (Å²) in [5.74, 6) is 0.917. The Hall–Kier alpha value is -4.69. The molecule has 0 spiro atoms. The number of hydrogen-bond donors (Lipinski definition) is 2. The largest absolute Gasteiger partial charge is 0.465 e. The predicted molar refractivity (Wildman–Crippen MR) is 144 cm³/mol. The molecule has 1 unspecified atom stereocenters. The fourth-order valence-electron chi connectivity index (χ4n) is 4.13. The maximum Gasteiger partial charge on any atom is 0.416 e. The molecule has 0 aliphatic rings. The van der Waals surface area contributed by atoms with Gasteiger partial charge in [0.05, 0.1) is 24.3 Å². The molecule has 0 saturated heterocycles. The highest BCUT2D eigenvalue weighted by Gasteiger charge is 2.39. The van der Waals surface area contributed by atoms with Crippen molar-refractivity contribution in [3.63, 3.8) is 0 Å². The predicted octanol–water partition coefficient (Wildman–Crippen LogP) is 3.75. The number of alkyl halides is 3. The van der Waals surface area contributed by atoms with Gasteiger partial charge in [0.1, 0.15) is 24.4 Å². The molecule has 5 aromatic rings. The van der Waals surface area contributed by atoms with Gasteiger partial charge < -0.3 is 14.8 Å². The topological polar surface area (TPSA) is 133 Å². The van der Waals surface area contributed by atoms with E-state index in [1.807, 2.05) is 0 Å². The van der Waals surface area contributed by atoms with Gasteiger partial charge in [-0.3, -0.25) is 9.36 Å². The third-order valence-electron chi connectivity index (χ3n) is 6.20. The number of aryl methyl sites for hydroxylation is 1. The van der Waals surface area contributed by atoms with Crippen molar-refractivity contribution in [3.05, 3.63) is 105 Å². The quantitative estimate of drug-likeness (QED) is 0.263. The van der Waals surface area contributed by atoms with Crippen LogP contribution in [-0.4, -0.2) is 52.4 Å². The van der Waals surface area contributed by atoms with Gasteiger partial charge in [-0.1, -0.05) is 23.7 Å². The lowest BCUT2D eigenvalue weighted by Crippen LogP contribution is -2.37. The fourth-order valence-corrected chi connectivity index (χ4v) is 4.25. The first-order valence-electron chi connectivity index (χ1n) is 12.5. The van der Waals surface area contributed by atoms with Crippen LogP contribution in [0.1, 0.15) is 27.7 Å². The average molecular weight is 602 g/mol. The van der Waals surface area contributed by atoms with Crippen molar-refractivity contribution in [1.82, 2.24) is 34.4 Å². The zero-order chi connectivity index (χ0) is 30.0. The average Bonchev–Trinajstić information content (AvgIpc) is 3.67. The third-order valence-corrected chi connectivity index (χ3v) is 6.46. The fraction of sp³-hybridized carbons (Fsp3) is 0.222. The van der Waals surface area contributed by atoms with Crippen LogP contribution in [0, 0.1) is 6.92 Å². The molecule has 0 aliphatic heterocycles. The number of para-hydroxylation sites is 1. The van der Waals surface area contributed by atoms with Crippen LogP contribution in [-0.2, 0) is 19.6 Å². The zero-order valence-corrected chi connectivity index (χ0v) is 22.7. The maximum absolute atomic E-state index is 13.1. The number of rotatable bonds is 9. The maximum atomic E-state index is 13.1. The van der Waals surface area contributed by atoms with Gasteiger partial charge in [-0.2, -0.15) is 13.2 Å². The molecule has 15 heteroatoms. The first-order valence-corrected chi connectivity index (χ1v) is 12.9. The molecule has 2 aromatic carbocycles. The Bertz CT molecular complexity index is 1770. The lowest BCUT2D eigenvalue weighted by molar-refractivity contribution is -0.207. The van der Waals surface area contributed by atoms with Crippen molar-refractivity contribution >= 4 is 17.5 Å². The molecule has 2 N–H and O–H groups in total. The summed E-state index contributed by atoms with van der Waals surface area (Å²) in [5.41, 5.74) is 0.0996. The van der Waals surface area contributed by atoms with E-state index in [9.17, 15) is 27.9 Å². The minimum Gasteiger partial charge on any atom is -0.465 e. The lowest BCUT2D eigenvalue weighted by Gasteiger charge is -2.15. The van der Waals surface area contributed by atoms with E-state index < -0.39 is 24.5 Å². The number of hydrogen-bond acceptors (Lipinski definition) is 7. The highest BCUT2D eigenvalue weighted by Crippen LogP contribution is 2.24. The smallest absolute Gasteiger partial charge is 0.416 e. The Kier molecular flexibility index (Phi) is 8.00. The van der Waals surface area contributed by atoms with Gasteiger partial charge in [-0.25, -0.2) is 19.1 Å². The van der Waals surface area contributed by atoms with Gasteiger partial charge >= 0.3 is 11.9 Å². The number of benzene rings is 2. The first-order chi connectivity index (χ1) is 20.0. The Morgan fingerprint density at radius 3 is 2.52 bits per heavy atom. The van der Waals surface area contributed by atoms with E-state index >= 15 is 0 Å². The van der Waals surface area contributed by atoms with E-state index in [0.717, 1.165) is 15.0 Å². The molecule has 42 heavy (non-hydrogen) atoms. The van der Waals surface area contributed by atoms with Gasteiger partial charge in [0, 0.05) is 10.6 Å². The second-order valence-electron chi connectivity index (χ2n) is 9.26. The molecule has 1 atom stereocenters. The van der Waals surface area contributed by atoms with Gasteiger partial charge in [-0.05, 0) is 55.5 Å². The van der Waals surface area contributed by atoms with E-state index in [4.69, 9.17) is 16.0 Å². The Morgan fingerprint density at radius 2 is 1.83 bits per heavy atom. The number of carbonyl (C=O) groups is 1. The summed E-state index contributed by atoms with van der Waals surface area (Å²) in [6, 6.07) is 16.2. The summed E-state index contributed by atoms with van der Waals surface area (Å²) >= 11 is 5.93. The van der Waals surface area contributed by atoms with Crippen LogP contribution in [0.4, 0.5) is 13.2 Å². The number of halogens is 4. The lowest BCUT2D eigenvalue weighted by atomic mass is 10.1. The number of nitrogens with zero attached hydrogens (tertiary/aromatic N) is 6. The number of furan rings is 1. The Labute approximate surface area is 240 Å². The van der Waals surface area contributed by atoms with Crippen molar-refractivity contribution in [3.8, 4) is 17.1 Å². The van der Waals surface area contributed by atoms with E-state index in [0.29, 0.717) is 27.6 Å². The zero-order valence-electron chi connectivity index (χ0n) is 21.9. The number of carbonyl (C=O) groups excluding carboxylic acids is 1. The third kappa shape index (κ3) is 6.29. The molecular weight excluding hydrogens is 579 g/mol. The van der Waals surface area contributed by atoms with E-state index in [1.165, 1.54) is 35.3 Å². The van der Waals surface area contributed by atoms with Gasteiger partial charge in [0.2, 0.25) is 0 Å². The minimum atomic E-state index is -4.95. The standard InChI is InChI=1S/C27H23ClF3N7O4/c1-16-6-11-19(42-16)12-32-25(40)20-4-2-3-5-21(20)38-15-33-23(34-38)14-37-26(41)36(13-22(39)27(29,30)31)24(35-37)17-7-9-18(28)10-8-17/h2-11,15,22,39H,12-14H2,1H3,(H,32,40). The molecule has 218 valence electrons. The Morgan fingerprint density at radius 1 is 1.10 bits per heavy atom.